The zero-order valence-corrected chi connectivity index (χ0v) is 10.5. The molecule has 1 atom stereocenters. The van der Waals surface area contributed by atoms with E-state index in [0.717, 1.165) is 18.0 Å². The van der Waals surface area contributed by atoms with Crippen LogP contribution < -0.4 is 0 Å². The van der Waals surface area contributed by atoms with Crippen LogP contribution in [0.2, 0.25) is 0 Å². The minimum absolute atomic E-state index is 0.558. The van der Waals surface area contributed by atoms with Crippen molar-refractivity contribution in [2.24, 2.45) is 5.41 Å². The van der Waals surface area contributed by atoms with Crippen molar-refractivity contribution in [2.75, 3.05) is 13.1 Å². The van der Waals surface area contributed by atoms with Crippen molar-refractivity contribution < 1.29 is 14.3 Å². The molecule has 94 valence electrons. The molecule has 1 aliphatic rings. The standard InChI is InChI=1S/C12H18N2O3/c1-8-9(2)17-10(13-8)6-14-5-4-12(3,7-14)11(15)16/h4-7H2,1-3H3,(H,15,16). The number of likely N-dealkylation sites (tertiary alicyclic amines) is 1. The normalized spacial score (nSPS) is 25.4. The Morgan fingerprint density at radius 2 is 2.29 bits per heavy atom. The zero-order chi connectivity index (χ0) is 12.6. The molecule has 0 radical (unpaired) electrons. The summed E-state index contributed by atoms with van der Waals surface area (Å²) in [6.45, 7) is 7.52. The lowest BCUT2D eigenvalue weighted by Crippen LogP contribution is -2.31. The fraction of sp³-hybridized carbons (Fsp3) is 0.667. The van der Waals surface area contributed by atoms with Crippen molar-refractivity contribution in [2.45, 2.75) is 33.7 Å². The predicted octanol–water partition coefficient (Wildman–Crippen LogP) is 1.59. The Balaban J connectivity index is 2.01. The largest absolute Gasteiger partial charge is 0.481 e. The molecule has 0 spiro atoms. The van der Waals surface area contributed by atoms with Crippen LogP contribution in [0.5, 0.6) is 0 Å². The number of aromatic nitrogens is 1. The third kappa shape index (κ3) is 2.34. The van der Waals surface area contributed by atoms with E-state index in [4.69, 9.17) is 9.52 Å². The van der Waals surface area contributed by atoms with E-state index in [-0.39, 0.29) is 0 Å². The Morgan fingerprint density at radius 3 is 2.76 bits per heavy atom. The average Bonchev–Trinajstić information content (AvgIpc) is 2.74. The molecule has 1 unspecified atom stereocenters. The van der Waals surface area contributed by atoms with Gasteiger partial charge in [-0.15, -0.1) is 0 Å². The number of carbonyl (C=O) groups is 1. The molecule has 1 N–H and O–H groups in total. The van der Waals surface area contributed by atoms with Gasteiger partial charge in [0.15, 0.2) is 0 Å². The molecule has 1 aromatic heterocycles. The van der Waals surface area contributed by atoms with Gasteiger partial charge in [0.2, 0.25) is 5.89 Å². The summed E-state index contributed by atoms with van der Waals surface area (Å²) in [5, 5.41) is 9.14. The minimum atomic E-state index is -0.722. The first-order valence-corrected chi connectivity index (χ1v) is 5.79. The smallest absolute Gasteiger partial charge is 0.310 e. The summed E-state index contributed by atoms with van der Waals surface area (Å²) < 4.78 is 5.50. The number of hydrogen-bond acceptors (Lipinski definition) is 4. The van der Waals surface area contributed by atoms with E-state index in [0.29, 0.717) is 25.4 Å². The number of aryl methyl sites for hydroxylation is 2. The van der Waals surface area contributed by atoms with E-state index in [9.17, 15) is 4.79 Å². The van der Waals surface area contributed by atoms with Crippen LogP contribution in [-0.2, 0) is 11.3 Å². The van der Waals surface area contributed by atoms with Crippen LogP contribution >= 0.6 is 0 Å². The van der Waals surface area contributed by atoms with Gasteiger partial charge in [-0.25, -0.2) is 4.98 Å². The van der Waals surface area contributed by atoms with Crippen LogP contribution in [0.1, 0.15) is 30.7 Å². The van der Waals surface area contributed by atoms with Gasteiger partial charge in [-0.1, -0.05) is 0 Å². The second-order valence-electron chi connectivity index (χ2n) is 5.08. The topological polar surface area (TPSA) is 66.6 Å². The molecule has 0 aliphatic carbocycles. The van der Waals surface area contributed by atoms with Gasteiger partial charge in [-0.05, 0) is 33.7 Å². The fourth-order valence-electron chi connectivity index (χ4n) is 2.16. The van der Waals surface area contributed by atoms with Gasteiger partial charge in [0.1, 0.15) is 5.76 Å². The fourth-order valence-corrected chi connectivity index (χ4v) is 2.16. The molecule has 0 amide bonds. The van der Waals surface area contributed by atoms with Gasteiger partial charge in [-0.3, -0.25) is 9.69 Å². The van der Waals surface area contributed by atoms with Gasteiger partial charge in [0.25, 0.3) is 0 Å². The molecule has 1 saturated heterocycles. The summed E-state index contributed by atoms with van der Waals surface area (Å²) in [6.07, 6.45) is 0.682. The number of oxazole rings is 1. The summed E-state index contributed by atoms with van der Waals surface area (Å²) in [6, 6.07) is 0. The Morgan fingerprint density at radius 1 is 1.59 bits per heavy atom. The lowest BCUT2D eigenvalue weighted by atomic mass is 9.90. The highest BCUT2D eigenvalue weighted by Crippen LogP contribution is 2.30. The molecule has 1 fully saturated rings. The highest BCUT2D eigenvalue weighted by Gasteiger charge is 2.40. The molecule has 5 heteroatoms. The summed E-state index contributed by atoms with van der Waals surface area (Å²) >= 11 is 0. The molecular weight excluding hydrogens is 220 g/mol. The van der Waals surface area contributed by atoms with Crippen LogP contribution in [-0.4, -0.2) is 34.0 Å². The second kappa shape index (κ2) is 4.14. The maximum absolute atomic E-state index is 11.1. The van der Waals surface area contributed by atoms with Gasteiger partial charge < -0.3 is 9.52 Å². The Kier molecular flexibility index (Phi) is 2.95. The van der Waals surface area contributed by atoms with E-state index < -0.39 is 11.4 Å². The second-order valence-corrected chi connectivity index (χ2v) is 5.08. The third-order valence-electron chi connectivity index (χ3n) is 3.50. The highest BCUT2D eigenvalue weighted by molar-refractivity contribution is 5.74. The molecule has 1 aliphatic heterocycles. The first-order valence-electron chi connectivity index (χ1n) is 5.79. The summed E-state index contributed by atoms with van der Waals surface area (Å²) in [5.41, 5.74) is 0.275. The monoisotopic (exact) mass is 238 g/mol. The quantitative estimate of drug-likeness (QED) is 0.866. The number of aliphatic carboxylic acids is 1. The lowest BCUT2D eigenvalue weighted by molar-refractivity contribution is -0.147. The molecule has 0 bridgehead atoms. The van der Waals surface area contributed by atoms with Crippen LogP contribution in [0, 0.1) is 19.3 Å². The van der Waals surface area contributed by atoms with Crippen molar-refractivity contribution >= 4 is 5.97 Å². The molecule has 2 rings (SSSR count). The summed E-state index contributed by atoms with van der Waals surface area (Å²) in [4.78, 5) is 17.5. The maximum atomic E-state index is 11.1. The average molecular weight is 238 g/mol. The molecule has 0 saturated carbocycles. The van der Waals surface area contributed by atoms with Crippen LogP contribution in [0.3, 0.4) is 0 Å². The van der Waals surface area contributed by atoms with Crippen LogP contribution in [0.4, 0.5) is 0 Å². The first-order chi connectivity index (χ1) is 7.90. The molecule has 5 nitrogen and oxygen atoms in total. The Hall–Kier alpha value is -1.36. The number of carboxylic acid groups (broad SMARTS) is 1. The number of rotatable bonds is 3. The minimum Gasteiger partial charge on any atom is -0.481 e. The van der Waals surface area contributed by atoms with Crippen molar-refractivity contribution in [1.29, 1.82) is 0 Å². The number of hydrogen-bond donors (Lipinski definition) is 1. The molecule has 0 aromatic carbocycles. The van der Waals surface area contributed by atoms with Crippen molar-refractivity contribution in [3.63, 3.8) is 0 Å². The first kappa shape index (κ1) is 12.1. The third-order valence-corrected chi connectivity index (χ3v) is 3.50. The molecule has 17 heavy (non-hydrogen) atoms. The molecule has 1 aromatic rings. The van der Waals surface area contributed by atoms with Gasteiger partial charge in [0, 0.05) is 6.54 Å². The van der Waals surface area contributed by atoms with Crippen molar-refractivity contribution in [1.82, 2.24) is 9.88 Å². The zero-order valence-electron chi connectivity index (χ0n) is 10.5. The van der Waals surface area contributed by atoms with E-state index in [1.54, 1.807) is 6.92 Å². The number of carboxylic acids is 1. The van der Waals surface area contributed by atoms with Gasteiger partial charge in [-0.2, -0.15) is 0 Å². The Labute approximate surface area is 100 Å². The van der Waals surface area contributed by atoms with Crippen molar-refractivity contribution in [3.8, 4) is 0 Å². The van der Waals surface area contributed by atoms with Gasteiger partial charge in [0.05, 0.1) is 17.7 Å². The van der Waals surface area contributed by atoms with E-state index in [1.807, 2.05) is 13.8 Å². The SMILES string of the molecule is Cc1nc(CN2CCC(C)(C(=O)O)C2)oc1C. The predicted molar refractivity (Wildman–Crippen MR) is 61.6 cm³/mol. The van der Waals surface area contributed by atoms with Crippen molar-refractivity contribution in [3.05, 3.63) is 17.3 Å². The van der Waals surface area contributed by atoms with E-state index in [2.05, 4.69) is 9.88 Å². The van der Waals surface area contributed by atoms with E-state index >= 15 is 0 Å². The number of nitrogens with zero attached hydrogens (tertiary/aromatic N) is 2. The molecule has 2 heterocycles. The van der Waals surface area contributed by atoms with Gasteiger partial charge >= 0.3 is 5.97 Å². The summed E-state index contributed by atoms with van der Waals surface area (Å²) in [5.74, 6) is 0.787. The lowest BCUT2D eigenvalue weighted by Gasteiger charge is -2.18. The van der Waals surface area contributed by atoms with Crippen LogP contribution in [0.25, 0.3) is 0 Å². The Bertz CT molecular complexity index is 421. The van der Waals surface area contributed by atoms with Crippen LogP contribution in [0.15, 0.2) is 4.42 Å². The summed E-state index contributed by atoms with van der Waals surface area (Å²) in [7, 11) is 0. The maximum Gasteiger partial charge on any atom is 0.310 e. The highest BCUT2D eigenvalue weighted by atomic mass is 16.4. The molecular formula is C12H18N2O3. The van der Waals surface area contributed by atoms with E-state index in [1.165, 1.54) is 0 Å².